The van der Waals surface area contributed by atoms with Crippen molar-refractivity contribution in [3.8, 4) is 11.1 Å². The quantitative estimate of drug-likeness (QED) is 0.872. The second kappa shape index (κ2) is 5.27. The third-order valence-electron chi connectivity index (χ3n) is 2.83. The van der Waals surface area contributed by atoms with Gasteiger partial charge in [-0.3, -0.25) is 0 Å². The van der Waals surface area contributed by atoms with Crippen LogP contribution in [-0.2, 0) is 6.54 Å². The second-order valence-electron chi connectivity index (χ2n) is 4.33. The van der Waals surface area contributed by atoms with Crippen molar-refractivity contribution in [1.29, 1.82) is 0 Å². The lowest BCUT2D eigenvalue weighted by atomic mass is 10.0. The van der Waals surface area contributed by atoms with Crippen molar-refractivity contribution in [2.45, 2.75) is 13.5 Å². The van der Waals surface area contributed by atoms with E-state index in [1.54, 1.807) is 31.3 Å². The smallest absolute Gasteiger partial charge is 0.131 e. The monoisotopic (exact) mass is 247 g/mol. The van der Waals surface area contributed by atoms with Gasteiger partial charge in [-0.15, -0.1) is 0 Å². The van der Waals surface area contributed by atoms with E-state index < -0.39 is 11.6 Å². The fourth-order valence-electron chi connectivity index (χ4n) is 1.94. The zero-order valence-electron chi connectivity index (χ0n) is 10.4. The number of halogens is 2. The number of benzene rings is 2. The predicted octanol–water partition coefficient (Wildman–Crippen LogP) is 3.66. The maximum absolute atomic E-state index is 14.0. The minimum atomic E-state index is -0.402. The molecule has 0 heterocycles. The van der Waals surface area contributed by atoms with Crippen LogP contribution in [0.1, 0.15) is 11.1 Å². The SMILES string of the molecule is CNCc1ccc(-c2cc(C)ccc2F)c(F)c1. The fourth-order valence-corrected chi connectivity index (χ4v) is 1.94. The van der Waals surface area contributed by atoms with Crippen LogP contribution in [0, 0.1) is 18.6 Å². The van der Waals surface area contributed by atoms with Crippen molar-refractivity contribution < 1.29 is 8.78 Å². The van der Waals surface area contributed by atoms with Gasteiger partial charge in [0.25, 0.3) is 0 Å². The lowest BCUT2D eigenvalue weighted by Gasteiger charge is -2.08. The molecular weight excluding hydrogens is 232 g/mol. The molecule has 2 aromatic rings. The third-order valence-corrected chi connectivity index (χ3v) is 2.83. The van der Waals surface area contributed by atoms with Crippen LogP contribution in [0.4, 0.5) is 8.78 Å². The molecule has 0 spiro atoms. The molecule has 0 bridgehead atoms. The van der Waals surface area contributed by atoms with Gasteiger partial charge in [0.1, 0.15) is 11.6 Å². The van der Waals surface area contributed by atoms with Crippen LogP contribution >= 0.6 is 0 Å². The predicted molar refractivity (Wildman–Crippen MR) is 69.3 cm³/mol. The molecule has 0 fully saturated rings. The van der Waals surface area contributed by atoms with Crippen LogP contribution in [0.2, 0.25) is 0 Å². The molecule has 2 rings (SSSR count). The van der Waals surface area contributed by atoms with E-state index >= 15 is 0 Å². The molecule has 0 aliphatic carbocycles. The van der Waals surface area contributed by atoms with Crippen LogP contribution in [0.15, 0.2) is 36.4 Å². The van der Waals surface area contributed by atoms with Crippen LogP contribution in [-0.4, -0.2) is 7.05 Å². The maximum atomic E-state index is 14.0. The van der Waals surface area contributed by atoms with Crippen molar-refractivity contribution in [1.82, 2.24) is 5.32 Å². The Morgan fingerprint density at radius 1 is 0.944 bits per heavy atom. The Morgan fingerprint density at radius 3 is 2.39 bits per heavy atom. The maximum Gasteiger partial charge on any atom is 0.131 e. The molecule has 0 aromatic heterocycles. The summed E-state index contributed by atoms with van der Waals surface area (Å²) in [6.45, 7) is 2.45. The first-order chi connectivity index (χ1) is 8.61. The lowest BCUT2D eigenvalue weighted by Crippen LogP contribution is -2.05. The summed E-state index contributed by atoms with van der Waals surface area (Å²) in [5, 5.41) is 2.95. The molecule has 0 aliphatic heterocycles. The Bertz CT molecular complexity index is 564. The Kier molecular flexibility index (Phi) is 3.72. The van der Waals surface area contributed by atoms with Crippen LogP contribution in [0.3, 0.4) is 0 Å². The van der Waals surface area contributed by atoms with Gasteiger partial charge in [0, 0.05) is 17.7 Å². The normalized spacial score (nSPS) is 10.7. The average Bonchev–Trinajstić information content (AvgIpc) is 2.33. The minimum absolute atomic E-state index is 0.302. The number of nitrogens with one attached hydrogen (secondary N) is 1. The van der Waals surface area contributed by atoms with E-state index in [1.165, 1.54) is 12.1 Å². The molecular formula is C15H15F2N. The van der Waals surface area contributed by atoms with Gasteiger partial charge in [-0.1, -0.05) is 23.8 Å². The van der Waals surface area contributed by atoms with Crippen LogP contribution < -0.4 is 5.32 Å². The first-order valence-corrected chi connectivity index (χ1v) is 5.81. The fraction of sp³-hybridized carbons (Fsp3) is 0.200. The molecule has 0 amide bonds. The molecule has 0 saturated carbocycles. The lowest BCUT2D eigenvalue weighted by molar-refractivity contribution is 0.614. The summed E-state index contributed by atoms with van der Waals surface area (Å²) in [6, 6.07) is 9.56. The van der Waals surface area contributed by atoms with E-state index in [2.05, 4.69) is 5.32 Å². The number of aryl methyl sites for hydroxylation is 1. The van der Waals surface area contributed by atoms with Crippen LogP contribution in [0.25, 0.3) is 11.1 Å². The summed E-state index contributed by atoms with van der Waals surface area (Å²) < 4.78 is 27.7. The summed E-state index contributed by atoms with van der Waals surface area (Å²) in [5.41, 5.74) is 2.36. The van der Waals surface area contributed by atoms with Gasteiger partial charge in [0.2, 0.25) is 0 Å². The van der Waals surface area contributed by atoms with E-state index in [4.69, 9.17) is 0 Å². The molecule has 1 N–H and O–H groups in total. The number of hydrogen-bond donors (Lipinski definition) is 1. The van der Waals surface area contributed by atoms with Gasteiger partial charge >= 0.3 is 0 Å². The largest absolute Gasteiger partial charge is 0.316 e. The van der Waals surface area contributed by atoms with Crippen molar-refractivity contribution in [3.05, 3.63) is 59.2 Å². The molecule has 0 aliphatic rings. The third kappa shape index (κ3) is 2.57. The highest BCUT2D eigenvalue weighted by atomic mass is 19.1. The second-order valence-corrected chi connectivity index (χ2v) is 4.33. The Morgan fingerprint density at radius 2 is 1.72 bits per heavy atom. The molecule has 0 atom stereocenters. The molecule has 0 unspecified atom stereocenters. The first-order valence-electron chi connectivity index (χ1n) is 5.81. The van der Waals surface area contributed by atoms with E-state index in [-0.39, 0.29) is 0 Å². The molecule has 2 aromatic carbocycles. The van der Waals surface area contributed by atoms with Gasteiger partial charge in [0.05, 0.1) is 0 Å². The van der Waals surface area contributed by atoms with Crippen molar-refractivity contribution in [2.75, 3.05) is 7.05 Å². The molecule has 94 valence electrons. The van der Waals surface area contributed by atoms with Crippen LogP contribution in [0.5, 0.6) is 0 Å². The van der Waals surface area contributed by atoms with E-state index in [0.29, 0.717) is 17.7 Å². The summed E-state index contributed by atoms with van der Waals surface area (Å²) >= 11 is 0. The molecule has 0 saturated heterocycles. The van der Waals surface area contributed by atoms with Crippen molar-refractivity contribution in [3.63, 3.8) is 0 Å². The summed E-state index contributed by atoms with van der Waals surface area (Å²) in [4.78, 5) is 0. The highest BCUT2D eigenvalue weighted by molar-refractivity contribution is 5.66. The molecule has 1 nitrogen and oxygen atoms in total. The average molecular weight is 247 g/mol. The highest BCUT2D eigenvalue weighted by Gasteiger charge is 2.10. The molecule has 3 heteroatoms. The van der Waals surface area contributed by atoms with Gasteiger partial charge in [-0.2, -0.15) is 0 Å². The van der Waals surface area contributed by atoms with Gasteiger partial charge in [-0.25, -0.2) is 8.78 Å². The minimum Gasteiger partial charge on any atom is -0.316 e. The highest BCUT2D eigenvalue weighted by Crippen LogP contribution is 2.27. The first kappa shape index (κ1) is 12.7. The topological polar surface area (TPSA) is 12.0 Å². The molecule has 0 radical (unpaired) electrons. The zero-order chi connectivity index (χ0) is 13.1. The Hall–Kier alpha value is -1.74. The molecule has 18 heavy (non-hydrogen) atoms. The summed E-state index contributed by atoms with van der Waals surface area (Å²) in [7, 11) is 1.80. The van der Waals surface area contributed by atoms with E-state index in [1.807, 2.05) is 6.92 Å². The number of rotatable bonds is 3. The van der Waals surface area contributed by atoms with E-state index in [9.17, 15) is 8.78 Å². The van der Waals surface area contributed by atoms with Crippen molar-refractivity contribution in [2.24, 2.45) is 0 Å². The Balaban J connectivity index is 2.47. The van der Waals surface area contributed by atoms with Gasteiger partial charge in [-0.05, 0) is 37.7 Å². The van der Waals surface area contributed by atoms with Crippen molar-refractivity contribution >= 4 is 0 Å². The van der Waals surface area contributed by atoms with E-state index in [0.717, 1.165) is 11.1 Å². The standard InChI is InChI=1S/C15H15F2N/c1-10-3-6-14(16)13(7-10)12-5-4-11(9-18-2)8-15(12)17/h3-8,18H,9H2,1-2H3. The number of hydrogen-bond acceptors (Lipinski definition) is 1. The zero-order valence-corrected chi connectivity index (χ0v) is 10.4. The van der Waals surface area contributed by atoms with Gasteiger partial charge in [0.15, 0.2) is 0 Å². The summed E-state index contributed by atoms with van der Waals surface area (Å²) in [5.74, 6) is -0.798. The van der Waals surface area contributed by atoms with Gasteiger partial charge < -0.3 is 5.32 Å². The Labute approximate surface area is 105 Å². The summed E-state index contributed by atoms with van der Waals surface area (Å²) in [6.07, 6.45) is 0.